The number of aliphatic imine (C=N–C) groups is 1. The number of guanidine groups is 1. The van der Waals surface area contributed by atoms with Gasteiger partial charge < -0.3 is 15.1 Å². The first kappa shape index (κ1) is 16.8. The maximum atomic E-state index is 4.38. The van der Waals surface area contributed by atoms with Crippen LogP contribution in [0.4, 0.5) is 0 Å². The fourth-order valence-electron chi connectivity index (χ4n) is 2.98. The lowest BCUT2D eigenvalue weighted by Crippen LogP contribution is -2.39. The highest BCUT2D eigenvalue weighted by Crippen LogP contribution is 2.08. The van der Waals surface area contributed by atoms with E-state index in [1.54, 1.807) is 0 Å². The molecule has 1 aromatic rings. The first-order valence-electron chi connectivity index (χ1n) is 8.47. The molecule has 1 aliphatic rings. The smallest absolute Gasteiger partial charge is 0.193 e. The van der Waals surface area contributed by atoms with Gasteiger partial charge in [-0.3, -0.25) is 4.99 Å². The predicted octanol–water partition coefficient (Wildman–Crippen LogP) is 2.57. The fraction of sp³-hybridized carbons (Fsp3) is 0.611. The highest BCUT2D eigenvalue weighted by Gasteiger charge is 2.10. The van der Waals surface area contributed by atoms with Crippen LogP contribution in [-0.2, 0) is 6.54 Å². The van der Waals surface area contributed by atoms with Crippen molar-refractivity contribution in [3.05, 3.63) is 35.9 Å². The summed E-state index contributed by atoms with van der Waals surface area (Å²) in [5.41, 5.74) is 1.31. The van der Waals surface area contributed by atoms with E-state index >= 15 is 0 Å². The Morgan fingerprint density at radius 3 is 2.59 bits per heavy atom. The van der Waals surface area contributed by atoms with Crippen LogP contribution >= 0.6 is 0 Å². The largest absolute Gasteiger partial charge is 0.356 e. The standard InChI is InChI=1S/C18H30N4/c1-19-18(21(2)16-17-10-4-3-5-11-17)20-12-6-7-13-22-14-8-9-15-22/h3-5,10-11H,6-9,12-16H2,1-2H3,(H,19,20). The van der Waals surface area contributed by atoms with Crippen LogP contribution in [0.15, 0.2) is 35.3 Å². The normalized spacial score (nSPS) is 16.0. The van der Waals surface area contributed by atoms with Crippen molar-refractivity contribution in [2.24, 2.45) is 4.99 Å². The molecule has 0 radical (unpaired) electrons. The molecule has 0 spiro atoms. The van der Waals surface area contributed by atoms with E-state index in [1.165, 1.54) is 50.9 Å². The van der Waals surface area contributed by atoms with E-state index in [9.17, 15) is 0 Å². The summed E-state index contributed by atoms with van der Waals surface area (Å²) in [7, 11) is 3.95. The van der Waals surface area contributed by atoms with E-state index in [1.807, 2.05) is 7.05 Å². The lowest BCUT2D eigenvalue weighted by Gasteiger charge is -2.22. The van der Waals surface area contributed by atoms with Gasteiger partial charge in [-0.05, 0) is 50.9 Å². The second kappa shape index (κ2) is 9.46. The topological polar surface area (TPSA) is 30.9 Å². The number of nitrogens with one attached hydrogen (secondary N) is 1. The zero-order valence-electron chi connectivity index (χ0n) is 14.1. The molecule has 0 aliphatic carbocycles. The van der Waals surface area contributed by atoms with Gasteiger partial charge in [0.1, 0.15) is 0 Å². The van der Waals surface area contributed by atoms with Gasteiger partial charge in [0, 0.05) is 27.2 Å². The SMILES string of the molecule is CN=C(NCCCCN1CCCC1)N(C)Cc1ccccc1. The number of benzene rings is 1. The third kappa shape index (κ3) is 5.68. The molecule has 4 heteroatoms. The van der Waals surface area contributed by atoms with Crippen molar-refractivity contribution in [1.29, 1.82) is 0 Å². The summed E-state index contributed by atoms with van der Waals surface area (Å²) in [4.78, 5) is 9.14. The number of nitrogens with zero attached hydrogens (tertiary/aromatic N) is 3. The summed E-state index contributed by atoms with van der Waals surface area (Å²) in [6.07, 6.45) is 5.24. The lowest BCUT2D eigenvalue weighted by molar-refractivity contribution is 0.330. The Morgan fingerprint density at radius 1 is 1.18 bits per heavy atom. The highest BCUT2D eigenvalue weighted by molar-refractivity contribution is 5.79. The first-order valence-corrected chi connectivity index (χ1v) is 8.47. The Hall–Kier alpha value is -1.55. The molecule has 0 aromatic heterocycles. The molecule has 4 nitrogen and oxygen atoms in total. The lowest BCUT2D eigenvalue weighted by atomic mass is 10.2. The Labute approximate surface area is 135 Å². The molecule has 1 saturated heterocycles. The molecule has 1 aromatic carbocycles. The van der Waals surface area contributed by atoms with Crippen LogP contribution in [0, 0.1) is 0 Å². The molecule has 0 unspecified atom stereocenters. The number of hydrogen-bond acceptors (Lipinski definition) is 2. The predicted molar refractivity (Wildman–Crippen MR) is 94.2 cm³/mol. The second-order valence-corrected chi connectivity index (χ2v) is 6.07. The van der Waals surface area contributed by atoms with Crippen LogP contribution < -0.4 is 5.32 Å². The zero-order chi connectivity index (χ0) is 15.6. The van der Waals surface area contributed by atoms with Crippen LogP contribution in [0.3, 0.4) is 0 Å². The molecular formula is C18H30N4. The van der Waals surface area contributed by atoms with Gasteiger partial charge >= 0.3 is 0 Å². The molecule has 0 bridgehead atoms. The number of likely N-dealkylation sites (tertiary alicyclic amines) is 1. The molecule has 1 heterocycles. The fourth-order valence-corrected chi connectivity index (χ4v) is 2.98. The van der Waals surface area contributed by atoms with E-state index in [0.29, 0.717) is 0 Å². The van der Waals surface area contributed by atoms with Crippen molar-refractivity contribution in [2.45, 2.75) is 32.2 Å². The van der Waals surface area contributed by atoms with Crippen molar-refractivity contribution in [2.75, 3.05) is 40.3 Å². The van der Waals surface area contributed by atoms with Crippen LogP contribution in [0.25, 0.3) is 0 Å². The highest BCUT2D eigenvalue weighted by atomic mass is 15.3. The molecule has 22 heavy (non-hydrogen) atoms. The Kier molecular flexibility index (Phi) is 7.23. The summed E-state index contributed by atoms with van der Waals surface area (Å²) in [6.45, 7) is 5.73. The maximum Gasteiger partial charge on any atom is 0.193 e. The van der Waals surface area contributed by atoms with Gasteiger partial charge in [0.25, 0.3) is 0 Å². The zero-order valence-corrected chi connectivity index (χ0v) is 14.1. The average Bonchev–Trinajstić information content (AvgIpc) is 3.05. The van der Waals surface area contributed by atoms with E-state index in [4.69, 9.17) is 0 Å². The monoisotopic (exact) mass is 302 g/mol. The minimum atomic E-state index is 0.883. The molecule has 122 valence electrons. The van der Waals surface area contributed by atoms with Crippen molar-refractivity contribution in [3.8, 4) is 0 Å². The first-order chi connectivity index (χ1) is 10.8. The van der Waals surface area contributed by atoms with Crippen LogP contribution in [0.2, 0.25) is 0 Å². The minimum absolute atomic E-state index is 0.883. The summed E-state index contributed by atoms with van der Waals surface area (Å²) in [5, 5.41) is 3.47. The van der Waals surface area contributed by atoms with Gasteiger partial charge in [-0.2, -0.15) is 0 Å². The van der Waals surface area contributed by atoms with Crippen LogP contribution in [0.5, 0.6) is 0 Å². The van der Waals surface area contributed by atoms with Gasteiger partial charge in [-0.25, -0.2) is 0 Å². The van der Waals surface area contributed by atoms with E-state index in [0.717, 1.165) is 19.0 Å². The molecule has 1 N–H and O–H groups in total. The number of rotatable bonds is 7. The minimum Gasteiger partial charge on any atom is -0.356 e. The van der Waals surface area contributed by atoms with Crippen LogP contribution in [-0.4, -0.2) is 56.0 Å². The number of unbranched alkanes of at least 4 members (excludes halogenated alkanes) is 1. The summed E-state index contributed by atoms with van der Waals surface area (Å²) in [6, 6.07) is 10.5. The molecule has 0 saturated carbocycles. The molecule has 1 aliphatic heterocycles. The molecule has 2 rings (SSSR count). The van der Waals surface area contributed by atoms with Gasteiger partial charge in [0.15, 0.2) is 5.96 Å². The van der Waals surface area contributed by atoms with Crippen molar-refractivity contribution in [1.82, 2.24) is 15.1 Å². The third-order valence-electron chi connectivity index (χ3n) is 4.22. The van der Waals surface area contributed by atoms with E-state index < -0.39 is 0 Å². The Balaban J connectivity index is 1.63. The molecular weight excluding hydrogens is 272 g/mol. The number of hydrogen-bond donors (Lipinski definition) is 1. The Morgan fingerprint density at radius 2 is 1.91 bits per heavy atom. The Bertz CT molecular complexity index is 438. The summed E-state index contributed by atoms with van der Waals surface area (Å²) < 4.78 is 0. The molecule has 1 fully saturated rings. The average molecular weight is 302 g/mol. The summed E-state index contributed by atoms with van der Waals surface area (Å²) in [5.74, 6) is 0.977. The van der Waals surface area contributed by atoms with Crippen molar-refractivity contribution >= 4 is 5.96 Å². The van der Waals surface area contributed by atoms with Crippen molar-refractivity contribution in [3.63, 3.8) is 0 Å². The summed E-state index contributed by atoms with van der Waals surface area (Å²) >= 11 is 0. The molecule has 0 atom stereocenters. The molecule has 0 amide bonds. The second-order valence-electron chi connectivity index (χ2n) is 6.07. The van der Waals surface area contributed by atoms with Crippen LogP contribution in [0.1, 0.15) is 31.2 Å². The van der Waals surface area contributed by atoms with E-state index in [2.05, 4.69) is 57.5 Å². The quantitative estimate of drug-likeness (QED) is 0.477. The van der Waals surface area contributed by atoms with Gasteiger partial charge in [-0.15, -0.1) is 0 Å². The van der Waals surface area contributed by atoms with Gasteiger partial charge in [0.05, 0.1) is 0 Å². The maximum absolute atomic E-state index is 4.38. The van der Waals surface area contributed by atoms with E-state index in [-0.39, 0.29) is 0 Å². The van der Waals surface area contributed by atoms with Crippen molar-refractivity contribution < 1.29 is 0 Å². The van der Waals surface area contributed by atoms with Gasteiger partial charge in [-0.1, -0.05) is 30.3 Å². The third-order valence-corrected chi connectivity index (χ3v) is 4.22. The van der Waals surface area contributed by atoms with Gasteiger partial charge in [0.2, 0.25) is 0 Å².